The summed E-state index contributed by atoms with van der Waals surface area (Å²) >= 11 is 0. The maximum atomic E-state index is 13.2. The number of methoxy groups -OCH3 is 1. The number of hydrogen-bond donors (Lipinski definition) is 1. The molecule has 2 aromatic carbocycles. The summed E-state index contributed by atoms with van der Waals surface area (Å²) in [7, 11) is -2.66. The van der Waals surface area contributed by atoms with E-state index in [4.69, 9.17) is 14.2 Å². The third-order valence-electron chi connectivity index (χ3n) is 6.42. The summed E-state index contributed by atoms with van der Waals surface area (Å²) in [4.78, 5) is 26.8. The van der Waals surface area contributed by atoms with E-state index in [0.717, 1.165) is 25.7 Å². The molecule has 2 atom stereocenters. The molecule has 1 N–H and O–H groups in total. The van der Waals surface area contributed by atoms with Crippen LogP contribution in [0.15, 0.2) is 41.3 Å². The van der Waals surface area contributed by atoms with Gasteiger partial charge in [0.05, 0.1) is 31.2 Å². The third-order valence-corrected chi connectivity index (χ3v) is 7.82. The lowest BCUT2D eigenvalue weighted by molar-refractivity contribution is -0.140. The normalized spacial score (nSPS) is 21.8. The van der Waals surface area contributed by atoms with Crippen molar-refractivity contribution in [3.05, 3.63) is 42.0 Å². The van der Waals surface area contributed by atoms with Crippen LogP contribution >= 0.6 is 0 Å². The Kier molecular flexibility index (Phi) is 5.40. The molecule has 9 nitrogen and oxygen atoms in total. The molecule has 1 saturated heterocycles. The van der Waals surface area contributed by atoms with Crippen molar-refractivity contribution in [3.63, 3.8) is 0 Å². The molecule has 2 heterocycles. The van der Waals surface area contributed by atoms with Gasteiger partial charge in [0.1, 0.15) is 10.6 Å². The minimum atomic E-state index is -4.04. The Balaban J connectivity index is 1.41. The van der Waals surface area contributed by atoms with Gasteiger partial charge < -0.3 is 14.2 Å². The van der Waals surface area contributed by atoms with E-state index in [2.05, 4.69) is 4.72 Å². The number of sulfonamides is 1. The van der Waals surface area contributed by atoms with E-state index in [-0.39, 0.29) is 47.6 Å². The summed E-state index contributed by atoms with van der Waals surface area (Å²) in [5.41, 5.74) is 0.836. The highest BCUT2D eigenvalue weighted by atomic mass is 32.2. The summed E-state index contributed by atoms with van der Waals surface area (Å²) in [6.45, 7) is 0.109. The highest BCUT2D eigenvalue weighted by molar-refractivity contribution is 7.92. The van der Waals surface area contributed by atoms with E-state index in [0.29, 0.717) is 22.7 Å². The van der Waals surface area contributed by atoms with Crippen molar-refractivity contribution in [2.24, 2.45) is 11.8 Å². The van der Waals surface area contributed by atoms with Crippen LogP contribution in [0.25, 0.3) is 0 Å². The Hall–Kier alpha value is -3.27. The standard InChI is InChI=1S/C23H24N2O7S/c1-30-19-8-6-14(12-25-22(26)16-4-2-3-5-17(16)23(25)27)10-21(19)33(28,29)24-15-7-9-18-20(11-15)32-13-31-18/h6-11,16-17,24H,2-5,12-13H2,1H3/t16-,17+. The van der Waals surface area contributed by atoms with Crippen LogP contribution < -0.4 is 18.9 Å². The van der Waals surface area contributed by atoms with Gasteiger partial charge in [-0.15, -0.1) is 0 Å². The number of carbonyl (C=O) groups excluding carboxylic acids is 2. The molecule has 0 bridgehead atoms. The van der Waals surface area contributed by atoms with Crippen LogP contribution in [-0.4, -0.2) is 39.0 Å². The first-order chi connectivity index (χ1) is 15.9. The van der Waals surface area contributed by atoms with Crippen LogP contribution in [0.5, 0.6) is 17.2 Å². The molecule has 3 aliphatic rings. The molecule has 5 rings (SSSR count). The molecule has 174 valence electrons. The molecule has 2 amide bonds. The first-order valence-corrected chi connectivity index (χ1v) is 12.3. The Morgan fingerprint density at radius 2 is 1.70 bits per heavy atom. The van der Waals surface area contributed by atoms with E-state index in [9.17, 15) is 18.0 Å². The Morgan fingerprint density at radius 3 is 2.39 bits per heavy atom. The van der Waals surface area contributed by atoms with Gasteiger partial charge in [0.25, 0.3) is 10.0 Å². The Bertz CT molecular complexity index is 1200. The van der Waals surface area contributed by atoms with Gasteiger partial charge >= 0.3 is 0 Å². The third kappa shape index (κ3) is 3.88. The molecule has 0 unspecified atom stereocenters. The van der Waals surface area contributed by atoms with Crippen LogP contribution in [0.1, 0.15) is 31.2 Å². The molecule has 1 saturated carbocycles. The lowest BCUT2D eigenvalue weighted by Gasteiger charge is -2.19. The number of amides is 2. The average Bonchev–Trinajstić information content (AvgIpc) is 3.37. The number of likely N-dealkylation sites (tertiary alicyclic amines) is 1. The number of nitrogens with zero attached hydrogens (tertiary/aromatic N) is 1. The number of anilines is 1. The monoisotopic (exact) mass is 472 g/mol. The molecule has 0 aromatic heterocycles. The number of rotatable bonds is 6. The van der Waals surface area contributed by atoms with Gasteiger partial charge in [-0.3, -0.25) is 19.2 Å². The zero-order chi connectivity index (χ0) is 23.2. The van der Waals surface area contributed by atoms with Gasteiger partial charge in [-0.2, -0.15) is 0 Å². The first-order valence-electron chi connectivity index (χ1n) is 10.8. The number of imide groups is 1. The van der Waals surface area contributed by atoms with E-state index in [1.165, 1.54) is 24.1 Å². The van der Waals surface area contributed by atoms with Crippen molar-refractivity contribution < 1.29 is 32.2 Å². The molecule has 2 aromatic rings. The number of benzene rings is 2. The topological polar surface area (TPSA) is 111 Å². The Morgan fingerprint density at radius 1 is 1.00 bits per heavy atom. The maximum Gasteiger partial charge on any atom is 0.265 e. The average molecular weight is 473 g/mol. The second kappa shape index (κ2) is 8.26. The molecule has 0 spiro atoms. The number of ether oxygens (including phenoxy) is 3. The first kappa shape index (κ1) is 21.6. The van der Waals surface area contributed by atoms with Crippen molar-refractivity contribution >= 4 is 27.5 Å². The highest BCUT2D eigenvalue weighted by Crippen LogP contribution is 2.39. The highest BCUT2D eigenvalue weighted by Gasteiger charge is 2.47. The summed E-state index contributed by atoms with van der Waals surface area (Å²) in [6, 6.07) is 9.38. The predicted octanol–water partition coefficient (Wildman–Crippen LogP) is 2.90. The van der Waals surface area contributed by atoms with Crippen molar-refractivity contribution in [3.8, 4) is 17.2 Å². The fourth-order valence-electron chi connectivity index (χ4n) is 4.77. The van der Waals surface area contributed by atoms with Crippen molar-refractivity contribution in [1.29, 1.82) is 0 Å². The lowest BCUT2D eigenvalue weighted by Crippen LogP contribution is -2.30. The molecule has 33 heavy (non-hydrogen) atoms. The van der Waals surface area contributed by atoms with Crippen molar-refractivity contribution in [1.82, 2.24) is 4.90 Å². The minimum absolute atomic E-state index is 0.0290. The van der Waals surface area contributed by atoms with Gasteiger partial charge in [-0.05, 0) is 42.7 Å². The summed E-state index contributed by atoms with van der Waals surface area (Å²) in [6.07, 6.45) is 3.36. The second-order valence-electron chi connectivity index (χ2n) is 8.42. The number of carbonyl (C=O) groups is 2. The zero-order valence-electron chi connectivity index (χ0n) is 18.1. The lowest BCUT2D eigenvalue weighted by atomic mass is 9.81. The molecule has 2 aliphatic heterocycles. The van der Waals surface area contributed by atoms with Crippen molar-refractivity contribution in [2.75, 3.05) is 18.6 Å². The molecule has 2 fully saturated rings. The van der Waals surface area contributed by atoms with Crippen LogP contribution in [0, 0.1) is 11.8 Å². The number of hydrogen-bond acceptors (Lipinski definition) is 7. The smallest absolute Gasteiger partial charge is 0.265 e. The molecular weight excluding hydrogens is 448 g/mol. The fourth-order valence-corrected chi connectivity index (χ4v) is 6.04. The zero-order valence-corrected chi connectivity index (χ0v) is 18.9. The van der Waals surface area contributed by atoms with Crippen LogP contribution in [0.4, 0.5) is 5.69 Å². The van der Waals surface area contributed by atoms with Crippen molar-refractivity contribution in [2.45, 2.75) is 37.1 Å². The van der Waals surface area contributed by atoms with Gasteiger partial charge in [0.15, 0.2) is 11.5 Å². The van der Waals surface area contributed by atoms with Gasteiger partial charge in [-0.25, -0.2) is 8.42 Å². The molecule has 1 aliphatic carbocycles. The fraction of sp³-hybridized carbons (Fsp3) is 0.391. The van der Waals surface area contributed by atoms with Crippen LogP contribution in [0.2, 0.25) is 0 Å². The van der Waals surface area contributed by atoms with E-state index >= 15 is 0 Å². The quantitative estimate of drug-likeness (QED) is 0.644. The van der Waals surface area contributed by atoms with Crippen LogP contribution in [0.3, 0.4) is 0 Å². The van der Waals surface area contributed by atoms with Crippen LogP contribution in [-0.2, 0) is 26.2 Å². The largest absolute Gasteiger partial charge is 0.495 e. The summed E-state index contributed by atoms with van der Waals surface area (Å²) in [5.74, 6) is 0.314. The SMILES string of the molecule is COc1ccc(CN2C(=O)[C@H]3CCCC[C@H]3C2=O)cc1S(=O)(=O)Nc1ccc2c(c1)OCO2. The van der Waals surface area contributed by atoms with Gasteiger partial charge in [-0.1, -0.05) is 18.9 Å². The van der Waals surface area contributed by atoms with E-state index in [1.54, 1.807) is 24.3 Å². The second-order valence-corrected chi connectivity index (χ2v) is 10.1. The molecule has 10 heteroatoms. The Labute approximate surface area is 191 Å². The summed E-state index contributed by atoms with van der Waals surface area (Å²) in [5, 5.41) is 0. The van der Waals surface area contributed by atoms with Gasteiger partial charge in [0, 0.05) is 6.07 Å². The van der Waals surface area contributed by atoms with E-state index < -0.39 is 10.0 Å². The minimum Gasteiger partial charge on any atom is -0.495 e. The number of fused-ring (bicyclic) bond motifs is 2. The molecule has 0 radical (unpaired) electrons. The summed E-state index contributed by atoms with van der Waals surface area (Å²) < 4.78 is 44.8. The number of nitrogens with one attached hydrogen (secondary N) is 1. The van der Waals surface area contributed by atoms with Gasteiger partial charge in [0.2, 0.25) is 18.6 Å². The van der Waals surface area contributed by atoms with E-state index in [1.807, 2.05) is 0 Å². The molecular formula is C23H24N2O7S. The predicted molar refractivity (Wildman–Crippen MR) is 117 cm³/mol. The maximum absolute atomic E-state index is 13.2.